The fraction of sp³-hybridized carbons (Fsp3) is 0.455. The van der Waals surface area contributed by atoms with Crippen LogP contribution in [0.4, 0.5) is 0 Å². The molecule has 0 spiro atoms. The quantitative estimate of drug-likeness (QED) is 0.874. The Bertz CT molecular complexity index is 577. The van der Waals surface area contributed by atoms with Crippen LogP contribution in [0.2, 0.25) is 0 Å². The van der Waals surface area contributed by atoms with Gasteiger partial charge in [0.25, 0.3) is 0 Å². The van der Waals surface area contributed by atoms with Crippen LogP contribution in [0.25, 0.3) is 11.2 Å². The number of H-pyrrole nitrogens is 1. The number of imidazole rings is 1. The molecule has 86 valence electrons. The number of nitrogens with zero attached hydrogens (tertiary/aromatic N) is 2. The third-order valence-electron chi connectivity index (χ3n) is 2.21. The second-order valence-corrected chi connectivity index (χ2v) is 6.02. The predicted molar refractivity (Wildman–Crippen MR) is 67.5 cm³/mol. The molecule has 0 fully saturated rings. The number of pyridine rings is 1. The van der Waals surface area contributed by atoms with E-state index in [1.807, 2.05) is 6.07 Å². The van der Waals surface area contributed by atoms with Gasteiger partial charge in [0.15, 0.2) is 5.65 Å². The van der Waals surface area contributed by atoms with E-state index >= 15 is 0 Å². The van der Waals surface area contributed by atoms with E-state index in [-0.39, 0.29) is 11.1 Å². The lowest BCUT2D eigenvalue weighted by atomic mass is 9.97. The summed E-state index contributed by atoms with van der Waals surface area (Å²) in [6.45, 7) is 6.94. The number of nitrogens with one attached hydrogen (secondary N) is 1. The molecule has 0 aliphatic heterocycles. The number of aromatic nitrogens is 3. The first-order valence-corrected chi connectivity index (χ1v) is 5.90. The lowest BCUT2D eigenvalue weighted by molar-refractivity contribution is 0.343. The summed E-state index contributed by atoms with van der Waals surface area (Å²) in [7, 11) is 0. The Hall–Kier alpha value is -1.10. The minimum absolute atomic E-state index is 0.0493. The number of hydrogen-bond donors (Lipinski definition) is 1. The fourth-order valence-corrected chi connectivity index (χ4v) is 1.97. The van der Waals surface area contributed by atoms with Crippen molar-refractivity contribution in [2.24, 2.45) is 5.41 Å². The standard InChI is InChI=1S/C11H14BrN3O/c1-11(2,3)6-15-9-8(14-10(15)16)4-7(12)5-13-9/h4-5H,6H2,1-3H3,(H,14,16). The van der Waals surface area contributed by atoms with E-state index in [2.05, 4.69) is 46.7 Å². The molecule has 0 amide bonds. The fourth-order valence-electron chi connectivity index (χ4n) is 1.64. The molecule has 0 aliphatic rings. The van der Waals surface area contributed by atoms with Gasteiger partial charge in [0.2, 0.25) is 0 Å². The van der Waals surface area contributed by atoms with Gasteiger partial charge in [0, 0.05) is 17.2 Å². The van der Waals surface area contributed by atoms with Crippen LogP contribution in [0.3, 0.4) is 0 Å². The molecule has 5 heteroatoms. The lowest BCUT2D eigenvalue weighted by Gasteiger charge is -2.18. The molecule has 2 heterocycles. The molecule has 2 rings (SSSR count). The van der Waals surface area contributed by atoms with Crippen molar-refractivity contribution >= 4 is 27.1 Å². The number of fused-ring (bicyclic) bond motifs is 1. The van der Waals surface area contributed by atoms with Gasteiger partial charge in [-0.2, -0.15) is 0 Å². The molecule has 0 saturated heterocycles. The average molecular weight is 284 g/mol. The monoisotopic (exact) mass is 283 g/mol. The number of aromatic amines is 1. The van der Waals surface area contributed by atoms with Crippen LogP contribution < -0.4 is 5.69 Å². The molecule has 0 aromatic carbocycles. The Balaban J connectivity index is 2.61. The van der Waals surface area contributed by atoms with E-state index in [0.717, 1.165) is 9.99 Å². The van der Waals surface area contributed by atoms with Gasteiger partial charge in [0.05, 0.1) is 5.52 Å². The Morgan fingerprint density at radius 1 is 1.50 bits per heavy atom. The first-order valence-electron chi connectivity index (χ1n) is 5.11. The van der Waals surface area contributed by atoms with Crippen LogP contribution in [-0.2, 0) is 6.54 Å². The van der Waals surface area contributed by atoms with Gasteiger partial charge in [-0.05, 0) is 27.4 Å². The zero-order valence-corrected chi connectivity index (χ0v) is 11.1. The summed E-state index contributed by atoms with van der Waals surface area (Å²) in [6, 6.07) is 1.86. The Labute approximate surface area is 102 Å². The highest BCUT2D eigenvalue weighted by atomic mass is 79.9. The van der Waals surface area contributed by atoms with Crippen LogP contribution in [0.5, 0.6) is 0 Å². The Morgan fingerprint density at radius 2 is 2.19 bits per heavy atom. The van der Waals surface area contributed by atoms with Crippen molar-refractivity contribution in [3.05, 3.63) is 27.2 Å². The normalized spacial score (nSPS) is 12.2. The van der Waals surface area contributed by atoms with Gasteiger partial charge in [-0.3, -0.25) is 4.57 Å². The van der Waals surface area contributed by atoms with Gasteiger partial charge in [-0.25, -0.2) is 9.78 Å². The molecule has 2 aromatic rings. The number of halogens is 1. The van der Waals surface area contributed by atoms with Crippen molar-refractivity contribution in [2.75, 3.05) is 0 Å². The number of hydrogen-bond acceptors (Lipinski definition) is 2. The van der Waals surface area contributed by atoms with Crippen LogP contribution >= 0.6 is 15.9 Å². The van der Waals surface area contributed by atoms with Gasteiger partial charge in [0.1, 0.15) is 0 Å². The maximum Gasteiger partial charge on any atom is 0.327 e. The molecule has 0 atom stereocenters. The smallest absolute Gasteiger partial charge is 0.304 e. The molecule has 16 heavy (non-hydrogen) atoms. The highest BCUT2D eigenvalue weighted by Crippen LogP contribution is 2.19. The lowest BCUT2D eigenvalue weighted by Crippen LogP contribution is -2.24. The summed E-state index contributed by atoms with van der Waals surface area (Å²) in [6.07, 6.45) is 1.70. The second-order valence-electron chi connectivity index (χ2n) is 5.10. The minimum Gasteiger partial charge on any atom is -0.304 e. The largest absolute Gasteiger partial charge is 0.327 e. The van der Waals surface area contributed by atoms with Crippen molar-refractivity contribution in [3.63, 3.8) is 0 Å². The van der Waals surface area contributed by atoms with E-state index < -0.39 is 0 Å². The first kappa shape index (κ1) is 11.4. The van der Waals surface area contributed by atoms with Crippen molar-refractivity contribution in [3.8, 4) is 0 Å². The highest BCUT2D eigenvalue weighted by molar-refractivity contribution is 9.10. The zero-order valence-electron chi connectivity index (χ0n) is 9.54. The average Bonchev–Trinajstić information content (AvgIpc) is 2.40. The maximum absolute atomic E-state index is 11.8. The van der Waals surface area contributed by atoms with Crippen molar-refractivity contribution < 1.29 is 0 Å². The van der Waals surface area contributed by atoms with E-state index in [4.69, 9.17) is 0 Å². The third-order valence-corrected chi connectivity index (χ3v) is 2.64. The van der Waals surface area contributed by atoms with E-state index in [9.17, 15) is 4.79 Å². The SMILES string of the molecule is CC(C)(C)Cn1c(=O)[nH]c2cc(Br)cnc21. The molecular formula is C11H14BrN3O. The molecule has 1 N–H and O–H groups in total. The Morgan fingerprint density at radius 3 is 2.81 bits per heavy atom. The number of rotatable bonds is 1. The summed E-state index contributed by atoms with van der Waals surface area (Å²) in [5, 5.41) is 0. The topological polar surface area (TPSA) is 50.7 Å². The predicted octanol–water partition coefficient (Wildman–Crippen LogP) is 2.53. The molecule has 4 nitrogen and oxygen atoms in total. The minimum atomic E-state index is -0.101. The summed E-state index contributed by atoms with van der Waals surface area (Å²) in [5.74, 6) is 0. The zero-order chi connectivity index (χ0) is 11.9. The summed E-state index contributed by atoms with van der Waals surface area (Å²) >= 11 is 3.33. The molecule has 0 radical (unpaired) electrons. The van der Waals surface area contributed by atoms with E-state index in [1.165, 1.54) is 0 Å². The summed E-state index contributed by atoms with van der Waals surface area (Å²) in [4.78, 5) is 18.9. The van der Waals surface area contributed by atoms with Crippen LogP contribution in [-0.4, -0.2) is 14.5 Å². The van der Waals surface area contributed by atoms with Gasteiger partial charge in [-0.15, -0.1) is 0 Å². The summed E-state index contributed by atoms with van der Waals surface area (Å²) in [5.41, 5.74) is 1.43. The molecule has 2 aromatic heterocycles. The first-order chi connectivity index (χ1) is 7.37. The van der Waals surface area contributed by atoms with Crippen LogP contribution in [0.1, 0.15) is 20.8 Å². The van der Waals surface area contributed by atoms with Gasteiger partial charge in [-0.1, -0.05) is 20.8 Å². The molecule has 0 bridgehead atoms. The Kier molecular flexibility index (Phi) is 2.66. The van der Waals surface area contributed by atoms with E-state index in [0.29, 0.717) is 12.2 Å². The molecule has 0 aliphatic carbocycles. The van der Waals surface area contributed by atoms with E-state index in [1.54, 1.807) is 10.8 Å². The maximum atomic E-state index is 11.8. The third kappa shape index (κ3) is 2.19. The van der Waals surface area contributed by atoms with Gasteiger partial charge < -0.3 is 4.98 Å². The van der Waals surface area contributed by atoms with Crippen LogP contribution in [0.15, 0.2) is 21.5 Å². The molecule has 0 unspecified atom stereocenters. The summed E-state index contributed by atoms with van der Waals surface area (Å²) < 4.78 is 2.55. The van der Waals surface area contributed by atoms with Crippen molar-refractivity contribution in [1.82, 2.24) is 14.5 Å². The van der Waals surface area contributed by atoms with Gasteiger partial charge >= 0.3 is 5.69 Å². The van der Waals surface area contributed by atoms with Crippen LogP contribution in [0, 0.1) is 5.41 Å². The highest BCUT2D eigenvalue weighted by Gasteiger charge is 2.16. The van der Waals surface area contributed by atoms with Crippen molar-refractivity contribution in [1.29, 1.82) is 0 Å². The molecular weight excluding hydrogens is 270 g/mol. The second kappa shape index (κ2) is 3.73. The van der Waals surface area contributed by atoms with Crippen molar-refractivity contribution in [2.45, 2.75) is 27.3 Å². The molecule has 0 saturated carbocycles.